The van der Waals surface area contributed by atoms with E-state index in [1.165, 1.54) is 6.07 Å². The lowest BCUT2D eigenvalue weighted by molar-refractivity contribution is -0.137. The molecule has 8 heteroatoms. The molecule has 0 aliphatic carbocycles. The van der Waals surface area contributed by atoms with Gasteiger partial charge < -0.3 is 10.6 Å². The van der Waals surface area contributed by atoms with Gasteiger partial charge in [-0.3, -0.25) is 9.59 Å². The van der Waals surface area contributed by atoms with Crippen molar-refractivity contribution in [2.75, 3.05) is 5.32 Å². The summed E-state index contributed by atoms with van der Waals surface area (Å²) in [5.41, 5.74) is -0.687. The summed E-state index contributed by atoms with van der Waals surface area (Å²) in [5.74, 6) is -0.728. The molecule has 1 aromatic rings. The number of anilines is 1. The number of hydrogen-bond acceptors (Lipinski definition) is 3. The van der Waals surface area contributed by atoms with Gasteiger partial charge in [0.2, 0.25) is 11.8 Å². The van der Waals surface area contributed by atoms with Gasteiger partial charge in [0.1, 0.15) is 0 Å². The van der Waals surface area contributed by atoms with Crippen LogP contribution in [0, 0.1) is 0 Å². The van der Waals surface area contributed by atoms with Crippen LogP contribution >= 0.6 is 11.8 Å². The van der Waals surface area contributed by atoms with Gasteiger partial charge in [0.25, 0.3) is 0 Å². The maximum Gasteiger partial charge on any atom is 0.416 e. The van der Waals surface area contributed by atoms with Crippen molar-refractivity contribution in [3.05, 3.63) is 23.8 Å². The minimum Gasteiger partial charge on any atom is -0.354 e. The number of hydrogen-bond donors (Lipinski definition) is 2. The second kappa shape index (κ2) is 6.20. The van der Waals surface area contributed by atoms with E-state index < -0.39 is 22.9 Å². The van der Waals surface area contributed by atoms with Crippen molar-refractivity contribution in [3.63, 3.8) is 0 Å². The van der Waals surface area contributed by atoms with E-state index in [4.69, 9.17) is 0 Å². The predicted octanol–water partition coefficient (Wildman–Crippen LogP) is 3.03. The first-order chi connectivity index (χ1) is 10.2. The molecule has 0 spiro atoms. The summed E-state index contributed by atoms with van der Waals surface area (Å²) in [5, 5.41) is 4.47. The van der Waals surface area contributed by atoms with Gasteiger partial charge in [-0.15, -0.1) is 11.8 Å². The number of halogens is 3. The topological polar surface area (TPSA) is 58.2 Å². The van der Waals surface area contributed by atoms with Crippen molar-refractivity contribution in [3.8, 4) is 0 Å². The molecule has 1 unspecified atom stereocenters. The van der Waals surface area contributed by atoms with Crippen LogP contribution in [0.5, 0.6) is 0 Å². The minimum absolute atomic E-state index is 0.0187. The van der Waals surface area contributed by atoms with Crippen LogP contribution in [-0.2, 0) is 15.8 Å². The molecular weight excluding hydrogens is 317 g/mol. The van der Waals surface area contributed by atoms with E-state index in [0.717, 1.165) is 23.9 Å². The monoisotopic (exact) mass is 332 g/mol. The molecule has 0 aromatic heterocycles. The van der Waals surface area contributed by atoms with Gasteiger partial charge in [0.05, 0.1) is 16.5 Å². The lowest BCUT2D eigenvalue weighted by Crippen LogP contribution is -2.37. The van der Waals surface area contributed by atoms with Crippen molar-refractivity contribution in [2.24, 2.45) is 0 Å². The third-order valence-corrected chi connectivity index (χ3v) is 4.22. The Morgan fingerprint density at radius 3 is 2.68 bits per heavy atom. The standard InChI is InChI=1S/C14H15F3N2O2S/c1-7(2)18-12(20)6-11-13(21)19-9-5-8(14(15,16)17)3-4-10(9)22-11/h3-5,7,11H,6H2,1-2H3,(H,18,20)(H,19,21). The maximum absolute atomic E-state index is 12.7. The van der Waals surface area contributed by atoms with Gasteiger partial charge >= 0.3 is 6.18 Å². The van der Waals surface area contributed by atoms with E-state index in [1.54, 1.807) is 13.8 Å². The second-order valence-corrected chi connectivity index (χ2v) is 6.48. The zero-order valence-corrected chi connectivity index (χ0v) is 12.8. The molecule has 1 atom stereocenters. The van der Waals surface area contributed by atoms with E-state index in [-0.39, 0.29) is 24.1 Å². The average Bonchev–Trinajstić information content (AvgIpc) is 2.37. The van der Waals surface area contributed by atoms with Gasteiger partial charge in [0, 0.05) is 17.4 Å². The summed E-state index contributed by atoms with van der Waals surface area (Å²) in [6, 6.07) is 3.15. The Morgan fingerprint density at radius 2 is 2.09 bits per heavy atom. The molecule has 4 nitrogen and oxygen atoms in total. The maximum atomic E-state index is 12.7. The number of amides is 2. The Balaban J connectivity index is 2.14. The highest BCUT2D eigenvalue weighted by atomic mass is 32.2. The molecule has 0 saturated heterocycles. The van der Waals surface area contributed by atoms with Gasteiger partial charge in [-0.1, -0.05) is 0 Å². The largest absolute Gasteiger partial charge is 0.416 e. The fourth-order valence-electron chi connectivity index (χ4n) is 2.01. The molecule has 0 bridgehead atoms. The molecule has 0 saturated carbocycles. The average molecular weight is 332 g/mol. The van der Waals surface area contributed by atoms with Crippen LogP contribution in [0.4, 0.5) is 18.9 Å². The summed E-state index contributed by atoms with van der Waals surface area (Å²) in [6.45, 7) is 3.61. The lowest BCUT2D eigenvalue weighted by atomic mass is 10.1. The SMILES string of the molecule is CC(C)NC(=O)CC1Sc2ccc(C(F)(F)F)cc2NC1=O. The zero-order chi connectivity index (χ0) is 16.5. The van der Waals surface area contributed by atoms with Crippen LogP contribution in [0.1, 0.15) is 25.8 Å². The summed E-state index contributed by atoms with van der Waals surface area (Å²) < 4.78 is 38.0. The van der Waals surface area contributed by atoms with Crippen molar-refractivity contribution >= 4 is 29.3 Å². The number of benzene rings is 1. The molecule has 0 radical (unpaired) electrons. The Bertz CT molecular complexity index is 602. The molecule has 2 N–H and O–H groups in total. The van der Waals surface area contributed by atoms with Crippen LogP contribution in [0.25, 0.3) is 0 Å². The Labute approximate surface area is 129 Å². The van der Waals surface area contributed by atoms with Crippen LogP contribution in [0.15, 0.2) is 23.1 Å². The van der Waals surface area contributed by atoms with Crippen molar-refractivity contribution in [2.45, 2.75) is 42.6 Å². The highest BCUT2D eigenvalue weighted by Gasteiger charge is 2.34. The quantitative estimate of drug-likeness (QED) is 0.894. The first kappa shape index (κ1) is 16.7. The predicted molar refractivity (Wildman–Crippen MR) is 77.6 cm³/mol. The number of thioether (sulfide) groups is 1. The molecule has 0 fully saturated rings. The molecular formula is C14H15F3N2O2S. The van der Waals surface area contributed by atoms with Gasteiger partial charge in [-0.05, 0) is 32.0 Å². The molecule has 2 rings (SSSR count). The van der Waals surface area contributed by atoms with E-state index in [9.17, 15) is 22.8 Å². The fourth-order valence-corrected chi connectivity index (χ4v) is 3.10. The first-order valence-corrected chi connectivity index (χ1v) is 7.53. The number of carbonyl (C=O) groups excluding carboxylic acids is 2. The highest BCUT2D eigenvalue weighted by Crippen LogP contribution is 2.40. The van der Waals surface area contributed by atoms with Crippen molar-refractivity contribution < 1.29 is 22.8 Å². The van der Waals surface area contributed by atoms with Crippen LogP contribution in [0.2, 0.25) is 0 Å². The Kier molecular flexibility index (Phi) is 4.69. The van der Waals surface area contributed by atoms with E-state index in [0.29, 0.717) is 4.90 Å². The Morgan fingerprint density at radius 1 is 1.41 bits per heavy atom. The van der Waals surface area contributed by atoms with Gasteiger partial charge in [-0.25, -0.2) is 0 Å². The zero-order valence-electron chi connectivity index (χ0n) is 12.0. The van der Waals surface area contributed by atoms with E-state index in [2.05, 4.69) is 10.6 Å². The fraction of sp³-hybridized carbons (Fsp3) is 0.429. The first-order valence-electron chi connectivity index (χ1n) is 6.65. The van der Waals surface area contributed by atoms with Crippen LogP contribution in [-0.4, -0.2) is 23.1 Å². The number of alkyl halides is 3. The molecule has 1 heterocycles. The summed E-state index contributed by atoms with van der Waals surface area (Å²) >= 11 is 1.10. The molecule has 1 aliphatic heterocycles. The molecule has 1 aromatic carbocycles. The summed E-state index contributed by atoms with van der Waals surface area (Å²) in [7, 11) is 0. The van der Waals surface area contributed by atoms with E-state index >= 15 is 0 Å². The van der Waals surface area contributed by atoms with Crippen molar-refractivity contribution in [1.29, 1.82) is 0 Å². The minimum atomic E-state index is -4.46. The third kappa shape index (κ3) is 3.94. The number of carbonyl (C=O) groups is 2. The third-order valence-electron chi connectivity index (χ3n) is 2.95. The summed E-state index contributed by atoms with van der Waals surface area (Å²) in [4.78, 5) is 24.2. The number of nitrogens with one attached hydrogen (secondary N) is 2. The Hall–Kier alpha value is -1.70. The second-order valence-electron chi connectivity index (χ2n) is 5.23. The molecule has 22 heavy (non-hydrogen) atoms. The van der Waals surface area contributed by atoms with Crippen LogP contribution < -0.4 is 10.6 Å². The van der Waals surface area contributed by atoms with E-state index in [1.807, 2.05) is 0 Å². The van der Waals surface area contributed by atoms with Gasteiger partial charge in [0.15, 0.2) is 0 Å². The molecule has 120 valence electrons. The smallest absolute Gasteiger partial charge is 0.354 e. The van der Waals surface area contributed by atoms with Crippen molar-refractivity contribution in [1.82, 2.24) is 5.32 Å². The number of rotatable bonds is 3. The van der Waals surface area contributed by atoms with Crippen LogP contribution in [0.3, 0.4) is 0 Å². The highest BCUT2D eigenvalue weighted by molar-refractivity contribution is 8.01. The lowest BCUT2D eigenvalue weighted by Gasteiger charge is -2.24. The summed E-state index contributed by atoms with van der Waals surface area (Å²) in [6.07, 6.45) is -4.48. The van der Waals surface area contributed by atoms with Gasteiger partial charge in [-0.2, -0.15) is 13.2 Å². The molecule has 2 amide bonds. The normalized spacial score (nSPS) is 17.9. The number of fused-ring (bicyclic) bond motifs is 1. The molecule has 1 aliphatic rings.